The minimum Gasteiger partial charge on any atom is -0.384 e. The molecule has 96 valence electrons. The van der Waals surface area contributed by atoms with Crippen LogP contribution in [0.3, 0.4) is 0 Å². The van der Waals surface area contributed by atoms with Gasteiger partial charge in [0.2, 0.25) is 0 Å². The zero-order valence-electron chi connectivity index (χ0n) is 10.2. The number of hydrogen-bond donors (Lipinski definition) is 1. The lowest BCUT2D eigenvalue weighted by Gasteiger charge is -2.22. The molecule has 1 N–H and O–H groups in total. The van der Waals surface area contributed by atoms with Gasteiger partial charge in [0, 0.05) is 16.2 Å². The van der Waals surface area contributed by atoms with Crippen molar-refractivity contribution in [1.82, 2.24) is 0 Å². The fraction of sp³-hybridized carbons (Fsp3) is 0.286. The number of benzene rings is 1. The molecule has 1 unspecified atom stereocenters. The number of halogens is 2. The van der Waals surface area contributed by atoms with Gasteiger partial charge >= 0.3 is 0 Å². The van der Waals surface area contributed by atoms with Crippen LogP contribution in [0.2, 0.25) is 10.0 Å². The van der Waals surface area contributed by atoms with Gasteiger partial charge in [-0.1, -0.05) is 29.3 Å². The van der Waals surface area contributed by atoms with Crippen molar-refractivity contribution in [1.29, 1.82) is 0 Å². The molecule has 1 aromatic carbocycles. The standard InChI is InChI=1S/C14H14Cl2OS/c1-9-3-6-13(18-9)14(2,17)8-10-4-5-11(15)12(16)7-10/h3-7,17H,8H2,1-2H3. The van der Waals surface area contributed by atoms with E-state index in [1.54, 1.807) is 23.5 Å². The van der Waals surface area contributed by atoms with Gasteiger partial charge in [-0.25, -0.2) is 0 Å². The lowest BCUT2D eigenvalue weighted by Crippen LogP contribution is -2.22. The lowest BCUT2D eigenvalue weighted by molar-refractivity contribution is 0.0615. The third kappa shape index (κ3) is 3.07. The quantitative estimate of drug-likeness (QED) is 0.862. The Hall–Kier alpha value is -0.540. The predicted octanol–water partition coefficient (Wildman–Crippen LogP) is 4.81. The van der Waals surface area contributed by atoms with Gasteiger partial charge in [-0.15, -0.1) is 11.3 Å². The first-order valence-corrected chi connectivity index (χ1v) is 7.19. The zero-order chi connectivity index (χ0) is 13.3. The Morgan fingerprint density at radius 1 is 1.17 bits per heavy atom. The van der Waals surface area contributed by atoms with Crippen LogP contribution < -0.4 is 0 Å². The summed E-state index contributed by atoms with van der Waals surface area (Å²) >= 11 is 13.5. The summed E-state index contributed by atoms with van der Waals surface area (Å²) in [5, 5.41) is 11.6. The van der Waals surface area contributed by atoms with Gasteiger partial charge in [0.15, 0.2) is 0 Å². The van der Waals surface area contributed by atoms with Gasteiger partial charge in [-0.05, 0) is 43.7 Å². The van der Waals surface area contributed by atoms with Gasteiger partial charge in [0.25, 0.3) is 0 Å². The maximum Gasteiger partial charge on any atom is 0.1000 e. The summed E-state index contributed by atoms with van der Waals surface area (Å²) in [4.78, 5) is 2.16. The van der Waals surface area contributed by atoms with E-state index >= 15 is 0 Å². The van der Waals surface area contributed by atoms with Crippen LogP contribution in [0.4, 0.5) is 0 Å². The molecule has 2 rings (SSSR count). The van der Waals surface area contributed by atoms with E-state index < -0.39 is 5.60 Å². The maximum absolute atomic E-state index is 10.5. The highest BCUT2D eigenvalue weighted by Gasteiger charge is 2.25. The Kier molecular flexibility index (Phi) is 4.02. The number of aryl methyl sites for hydroxylation is 1. The summed E-state index contributed by atoms with van der Waals surface area (Å²) in [6.45, 7) is 3.85. The van der Waals surface area contributed by atoms with Crippen molar-refractivity contribution in [3.63, 3.8) is 0 Å². The van der Waals surface area contributed by atoms with E-state index in [4.69, 9.17) is 23.2 Å². The Morgan fingerprint density at radius 3 is 2.44 bits per heavy atom. The second-order valence-electron chi connectivity index (χ2n) is 4.61. The third-order valence-corrected chi connectivity index (χ3v) is 4.80. The number of hydrogen-bond acceptors (Lipinski definition) is 2. The van der Waals surface area contributed by atoms with Crippen LogP contribution in [0.5, 0.6) is 0 Å². The molecule has 0 saturated carbocycles. The average Bonchev–Trinajstić information content (AvgIpc) is 2.71. The summed E-state index contributed by atoms with van der Waals surface area (Å²) < 4.78 is 0. The van der Waals surface area contributed by atoms with E-state index in [0.29, 0.717) is 16.5 Å². The van der Waals surface area contributed by atoms with Crippen molar-refractivity contribution >= 4 is 34.5 Å². The number of rotatable bonds is 3. The van der Waals surface area contributed by atoms with Crippen molar-refractivity contribution in [3.05, 3.63) is 55.7 Å². The molecule has 0 aliphatic heterocycles. The Morgan fingerprint density at radius 2 is 1.89 bits per heavy atom. The number of thiophene rings is 1. The van der Waals surface area contributed by atoms with Gasteiger partial charge in [-0.2, -0.15) is 0 Å². The second-order valence-corrected chi connectivity index (χ2v) is 6.71. The number of aliphatic hydroxyl groups is 1. The molecule has 1 heterocycles. The van der Waals surface area contributed by atoms with Gasteiger partial charge in [-0.3, -0.25) is 0 Å². The monoisotopic (exact) mass is 300 g/mol. The zero-order valence-corrected chi connectivity index (χ0v) is 12.5. The first kappa shape index (κ1) is 13.9. The van der Waals surface area contributed by atoms with Crippen molar-refractivity contribution in [2.45, 2.75) is 25.9 Å². The third-order valence-electron chi connectivity index (χ3n) is 2.80. The normalized spacial score (nSPS) is 14.5. The highest BCUT2D eigenvalue weighted by atomic mass is 35.5. The molecule has 18 heavy (non-hydrogen) atoms. The Balaban J connectivity index is 2.24. The Bertz CT molecular complexity index is 561. The first-order chi connectivity index (χ1) is 8.38. The molecule has 0 amide bonds. The highest BCUT2D eigenvalue weighted by molar-refractivity contribution is 7.12. The van der Waals surface area contributed by atoms with Crippen molar-refractivity contribution in [2.24, 2.45) is 0 Å². The summed E-state index contributed by atoms with van der Waals surface area (Å²) in [7, 11) is 0. The summed E-state index contributed by atoms with van der Waals surface area (Å²) in [6.07, 6.45) is 0.518. The van der Waals surface area contributed by atoms with Crippen molar-refractivity contribution in [3.8, 4) is 0 Å². The van der Waals surface area contributed by atoms with E-state index in [9.17, 15) is 5.11 Å². The van der Waals surface area contributed by atoms with E-state index in [2.05, 4.69) is 0 Å². The molecule has 0 saturated heterocycles. The van der Waals surface area contributed by atoms with Crippen LogP contribution in [-0.4, -0.2) is 5.11 Å². The van der Waals surface area contributed by atoms with E-state index in [1.165, 1.54) is 4.88 Å². The molecular weight excluding hydrogens is 287 g/mol. The van der Waals surface area contributed by atoms with Gasteiger partial charge < -0.3 is 5.11 Å². The van der Waals surface area contributed by atoms with Crippen molar-refractivity contribution < 1.29 is 5.11 Å². The molecule has 0 bridgehead atoms. The minimum absolute atomic E-state index is 0.518. The fourth-order valence-corrected chi connectivity index (χ4v) is 3.09. The smallest absolute Gasteiger partial charge is 0.1000 e. The molecule has 0 fully saturated rings. The van der Waals surface area contributed by atoms with Crippen LogP contribution in [0.15, 0.2) is 30.3 Å². The van der Waals surface area contributed by atoms with Crippen LogP contribution in [0.1, 0.15) is 22.2 Å². The van der Waals surface area contributed by atoms with Crippen LogP contribution >= 0.6 is 34.5 Å². The molecule has 4 heteroatoms. The molecule has 1 nitrogen and oxygen atoms in total. The van der Waals surface area contributed by atoms with Crippen LogP contribution in [-0.2, 0) is 12.0 Å². The van der Waals surface area contributed by atoms with E-state index in [1.807, 2.05) is 32.0 Å². The lowest BCUT2D eigenvalue weighted by atomic mass is 9.95. The van der Waals surface area contributed by atoms with Crippen molar-refractivity contribution in [2.75, 3.05) is 0 Å². The fourth-order valence-electron chi connectivity index (χ4n) is 1.86. The molecule has 0 radical (unpaired) electrons. The predicted molar refractivity (Wildman–Crippen MR) is 78.8 cm³/mol. The van der Waals surface area contributed by atoms with Gasteiger partial charge in [0.1, 0.15) is 0 Å². The SMILES string of the molecule is Cc1ccc(C(C)(O)Cc2ccc(Cl)c(Cl)c2)s1. The summed E-state index contributed by atoms with van der Waals surface area (Å²) in [5.74, 6) is 0. The van der Waals surface area contributed by atoms with E-state index in [-0.39, 0.29) is 0 Å². The largest absolute Gasteiger partial charge is 0.384 e. The maximum atomic E-state index is 10.5. The first-order valence-electron chi connectivity index (χ1n) is 5.62. The molecule has 0 aliphatic rings. The average molecular weight is 301 g/mol. The second kappa shape index (κ2) is 5.22. The molecule has 1 atom stereocenters. The van der Waals surface area contributed by atoms with Gasteiger partial charge in [0.05, 0.1) is 15.6 Å². The summed E-state index contributed by atoms with van der Waals surface area (Å²) in [5.41, 5.74) is 0.0938. The minimum atomic E-state index is -0.879. The molecule has 2 aromatic rings. The van der Waals surface area contributed by atoms with Crippen LogP contribution in [0.25, 0.3) is 0 Å². The molecule has 1 aromatic heterocycles. The molecule has 0 spiro atoms. The summed E-state index contributed by atoms with van der Waals surface area (Å²) in [6, 6.07) is 9.44. The highest BCUT2D eigenvalue weighted by Crippen LogP contribution is 2.32. The molecular formula is C14H14Cl2OS. The Labute approximate surface area is 121 Å². The van der Waals surface area contributed by atoms with E-state index in [0.717, 1.165) is 10.4 Å². The molecule has 0 aliphatic carbocycles. The van der Waals surface area contributed by atoms with Crippen LogP contribution in [0, 0.1) is 6.92 Å². The topological polar surface area (TPSA) is 20.2 Å².